The molecule has 0 aliphatic carbocycles. The van der Waals surface area contributed by atoms with E-state index in [1.807, 2.05) is 30.3 Å². The van der Waals surface area contributed by atoms with Crippen LogP contribution >= 0.6 is 0 Å². The monoisotopic (exact) mass is 503 g/mol. The average molecular weight is 504 g/mol. The minimum Gasteiger partial charge on any atom is -0.496 e. The topological polar surface area (TPSA) is 109 Å². The van der Waals surface area contributed by atoms with Crippen LogP contribution in [0.25, 0.3) is 10.9 Å². The van der Waals surface area contributed by atoms with Gasteiger partial charge < -0.3 is 14.7 Å². The van der Waals surface area contributed by atoms with Crippen molar-refractivity contribution in [1.82, 2.24) is 9.88 Å². The van der Waals surface area contributed by atoms with E-state index in [0.717, 1.165) is 5.56 Å². The number of β-amino-alcohol motifs (C(OH)–C–C–N with tert-alkyl or cyclic N) is 1. The van der Waals surface area contributed by atoms with Crippen molar-refractivity contribution in [3.8, 4) is 5.75 Å². The lowest BCUT2D eigenvalue weighted by atomic mass is 9.86. The van der Waals surface area contributed by atoms with Gasteiger partial charge in [0.15, 0.2) is 0 Å². The molecule has 5 rings (SSSR count). The molecule has 1 aliphatic heterocycles. The quantitative estimate of drug-likeness (QED) is 0.400. The van der Waals surface area contributed by atoms with Crippen molar-refractivity contribution in [1.29, 1.82) is 0 Å². The highest BCUT2D eigenvalue weighted by Crippen LogP contribution is 2.32. The molecule has 1 saturated heterocycles. The molecule has 0 radical (unpaired) electrons. The smallest absolute Gasteiger partial charge is 0.264 e. The molecule has 0 bridgehead atoms. The van der Waals surface area contributed by atoms with Crippen molar-refractivity contribution in [3.63, 3.8) is 0 Å². The fourth-order valence-corrected chi connectivity index (χ4v) is 5.73. The van der Waals surface area contributed by atoms with E-state index >= 15 is 0 Å². The van der Waals surface area contributed by atoms with Gasteiger partial charge in [-0.1, -0.05) is 48.5 Å². The highest BCUT2D eigenvalue weighted by atomic mass is 32.2. The van der Waals surface area contributed by atoms with Crippen molar-refractivity contribution >= 4 is 32.5 Å². The van der Waals surface area contributed by atoms with Gasteiger partial charge in [-0.05, 0) is 29.8 Å². The van der Waals surface area contributed by atoms with Gasteiger partial charge in [-0.3, -0.25) is 14.5 Å². The number of fused-ring (bicyclic) bond motifs is 1. The third kappa shape index (κ3) is 4.62. The standard InChI is InChI=1S/C27H25N3O5S/c1-35-23-15-21(29-36(33,34)24-11-5-9-20-10-6-14-28-25(20)24)12-13-22(23)26(31)30-17-27(32,18-30)16-19-7-3-2-4-8-19/h2-15,29,32H,16-18H2,1H3. The van der Waals surface area contributed by atoms with Crippen LogP contribution in [0.4, 0.5) is 5.69 Å². The molecular weight excluding hydrogens is 478 g/mol. The van der Waals surface area contributed by atoms with Crippen LogP contribution in [0.2, 0.25) is 0 Å². The molecule has 4 aromatic rings. The van der Waals surface area contributed by atoms with Crippen molar-refractivity contribution in [3.05, 3.63) is 96.2 Å². The number of hydrogen-bond acceptors (Lipinski definition) is 6. The van der Waals surface area contributed by atoms with Crippen molar-refractivity contribution in [2.24, 2.45) is 0 Å². The number of para-hydroxylation sites is 1. The van der Waals surface area contributed by atoms with E-state index in [4.69, 9.17) is 4.74 Å². The SMILES string of the molecule is COc1cc(NS(=O)(=O)c2cccc3cccnc23)ccc1C(=O)N1CC(O)(Cc2ccccc2)C1. The fourth-order valence-electron chi connectivity index (χ4n) is 4.50. The summed E-state index contributed by atoms with van der Waals surface area (Å²) in [7, 11) is -2.53. The summed E-state index contributed by atoms with van der Waals surface area (Å²) in [6.45, 7) is 0.401. The number of methoxy groups -OCH3 is 1. The molecule has 8 nitrogen and oxygen atoms in total. The molecule has 0 spiro atoms. The van der Waals surface area contributed by atoms with E-state index in [2.05, 4.69) is 9.71 Å². The second-order valence-electron chi connectivity index (χ2n) is 8.90. The number of ether oxygens (including phenoxy) is 1. The number of rotatable bonds is 7. The number of aliphatic hydroxyl groups is 1. The van der Waals surface area contributed by atoms with Gasteiger partial charge in [-0.2, -0.15) is 0 Å². The molecular formula is C27H25N3O5S. The fraction of sp³-hybridized carbons (Fsp3) is 0.185. The Morgan fingerprint density at radius 2 is 1.81 bits per heavy atom. The Balaban J connectivity index is 1.32. The summed E-state index contributed by atoms with van der Waals surface area (Å²) in [5, 5.41) is 11.5. The Labute approximate surface area is 209 Å². The average Bonchev–Trinajstić information content (AvgIpc) is 2.86. The normalized spacial score (nSPS) is 14.8. The molecule has 36 heavy (non-hydrogen) atoms. The summed E-state index contributed by atoms with van der Waals surface area (Å²) in [5.41, 5.74) is 0.927. The van der Waals surface area contributed by atoms with E-state index in [1.165, 1.54) is 31.4 Å². The van der Waals surface area contributed by atoms with Crippen LogP contribution in [0.1, 0.15) is 15.9 Å². The molecule has 1 amide bonds. The predicted molar refractivity (Wildman–Crippen MR) is 137 cm³/mol. The molecule has 9 heteroatoms. The first kappa shape index (κ1) is 23.8. The van der Waals surface area contributed by atoms with Crippen LogP contribution in [0.15, 0.2) is 90.0 Å². The minimum atomic E-state index is -3.95. The van der Waals surface area contributed by atoms with Crippen LogP contribution in [-0.2, 0) is 16.4 Å². The number of anilines is 1. The van der Waals surface area contributed by atoms with Gasteiger partial charge in [-0.25, -0.2) is 8.42 Å². The summed E-state index contributed by atoms with van der Waals surface area (Å²) in [4.78, 5) is 18.9. The summed E-state index contributed by atoms with van der Waals surface area (Å²) in [5.74, 6) is -0.0630. The molecule has 184 valence electrons. The summed E-state index contributed by atoms with van der Waals surface area (Å²) < 4.78 is 34.2. The van der Waals surface area contributed by atoms with Crippen molar-refractivity contribution < 1.29 is 23.1 Å². The summed E-state index contributed by atoms with van der Waals surface area (Å²) in [6.07, 6.45) is 2.00. The highest BCUT2D eigenvalue weighted by molar-refractivity contribution is 7.93. The predicted octanol–water partition coefficient (Wildman–Crippen LogP) is 3.47. The third-order valence-corrected chi connectivity index (χ3v) is 7.62. The van der Waals surface area contributed by atoms with Crippen molar-refractivity contribution in [2.45, 2.75) is 16.9 Å². The van der Waals surface area contributed by atoms with Gasteiger partial charge in [0.25, 0.3) is 15.9 Å². The lowest BCUT2D eigenvalue weighted by Crippen LogP contribution is -2.64. The van der Waals surface area contributed by atoms with Crippen LogP contribution in [0, 0.1) is 0 Å². The Morgan fingerprint density at radius 3 is 2.56 bits per heavy atom. The van der Waals surface area contributed by atoms with Gasteiger partial charge in [0.05, 0.1) is 37.0 Å². The van der Waals surface area contributed by atoms with E-state index in [9.17, 15) is 18.3 Å². The van der Waals surface area contributed by atoms with E-state index in [-0.39, 0.29) is 40.9 Å². The second kappa shape index (κ2) is 9.25. The number of carbonyl (C=O) groups is 1. The largest absolute Gasteiger partial charge is 0.496 e. The van der Waals surface area contributed by atoms with Gasteiger partial charge in [-0.15, -0.1) is 0 Å². The second-order valence-corrected chi connectivity index (χ2v) is 10.6. The molecule has 1 aromatic heterocycles. The minimum absolute atomic E-state index is 0.0537. The van der Waals surface area contributed by atoms with Crippen LogP contribution < -0.4 is 9.46 Å². The molecule has 3 aromatic carbocycles. The Morgan fingerprint density at radius 1 is 1.06 bits per heavy atom. The lowest BCUT2D eigenvalue weighted by molar-refractivity contribution is -0.0800. The Kier molecular flexibility index (Phi) is 6.11. The third-order valence-electron chi connectivity index (χ3n) is 6.20. The zero-order chi connectivity index (χ0) is 25.3. The first-order chi connectivity index (χ1) is 17.3. The number of sulfonamides is 1. The number of amides is 1. The zero-order valence-corrected chi connectivity index (χ0v) is 20.4. The number of likely N-dealkylation sites (tertiary alicyclic amines) is 1. The Hall–Kier alpha value is -3.95. The van der Waals surface area contributed by atoms with Gasteiger partial charge in [0.2, 0.25) is 0 Å². The molecule has 2 heterocycles. The number of benzene rings is 3. The number of carbonyl (C=O) groups excluding carboxylic acids is 1. The molecule has 0 saturated carbocycles. The van der Waals surface area contributed by atoms with E-state index < -0.39 is 15.6 Å². The number of nitrogens with one attached hydrogen (secondary N) is 1. The maximum atomic E-state index is 13.1. The molecule has 1 aliphatic rings. The number of pyridine rings is 1. The van der Waals surface area contributed by atoms with E-state index in [1.54, 1.807) is 35.4 Å². The van der Waals surface area contributed by atoms with Gasteiger partial charge >= 0.3 is 0 Å². The van der Waals surface area contributed by atoms with Crippen LogP contribution in [0.5, 0.6) is 5.75 Å². The number of aromatic nitrogens is 1. The first-order valence-electron chi connectivity index (χ1n) is 11.4. The highest BCUT2D eigenvalue weighted by Gasteiger charge is 2.44. The summed E-state index contributed by atoms with van der Waals surface area (Å²) in [6, 6.07) is 22.6. The maximum Gasteiger partial charge on any atom is 0.264 e. The number of hydrogen-bond donors (Lipinski definition) is 2. The zero-order valence-electron chi connectivity index (χ0n) is 19.6. The van der Waals surface area contributed by atoms with Crippen molar-refractivity contribution in [2.75, 3.05) is 24.9 Å². The van der Waals surface area contributed by atoms with E-state index in [0.29, 0.717) is 17.3 Å². The van der Waals surface area contributed by atoms with Gasteiger partial charge in [0, 0.05) is 24.1 Å². The molecule has 2 N–H and O–H groups in total. The van der Waals surface area contributed by atoms with Gasteiger partial charge in [0.1, 0.15) is 16.2 Å². The first-order valence-corrected chi connectivity index (χ1v) is 12.9. The molecule has 0 unspecified atom stereocenters. The summed E-state index contributed by atoms with van der Waals surface area (Å²) >= 11 is 0. The maximum absolute atomic E-state index is 13.1. The number of nitrogens with zero attached hydrogens (tertiary/aromatic N) is 2. The van der Waals surface area contributed by atoms with Crippen LogP contribution in [-0.4, -0.2) is 55.1 Å². The van der Waals surface area contributed by atoms with Crippen LogP contribution in [0.3, 0.4) is 0 Å². The molecule has 1 fully saturated rings. The lowest BCUT2D eigenvalue weighted by Gasteiger charge is -2.46. The molecule has 0 atom stereocenters. The Bertz CT molecular complexity index is 1530.